The maximum Gasteiger partial charge on any atom is 0.305 e. The van der Waals surface area contributed by atoms with E-state index in [1.54, 1.807) is 18.5 Å². The highest BCUT2D eigenvalue weighted by Gasteiger charge is 2.04. The molecule has 0 bridgehead atoms. The molecule has 0 aliphatic carbocycles. The number of carbonyl (C=O) groups excluding carboxylic acids is 1. The lowest BCUT2D eigenvalue weighted by Crippen LogP contribution is -2.21. The topological polar surface area (TPSA) is 55.3 Å². The summed E-state index contributed by atoms with van der Waals surface area (Å²) in [6.45, 7) is 0.735. The number of esters is 1. The molecule has 1 aromatic heterocycles. The largest absolute Gasteiger partial charge is 0.469 e. The Morgan fingerprint density at radius 3 is 2.73 bits per heavy atom. The van der Waals surface area contributed by atoms with Crippen molar-refractivity contribution in [3.8, 4) is 0 Å². The van der Waals surface area contributed by atoms with Gasteiger partial charge in [-0.1, -0.05) is 0 Å². The van der Waals surface area contributed by atoms with E-state index in [1.165, 1.54) is 7.11 Å². The third-order valence-corrected chi connectivity index (χ3v) is 2.00. The van der Waals surface area contributed by atoms with Crippen molar-refractivity contribution in [1.82, 2.24) is 9.97 Å². The number of hydrogen-bond donors (Lipinski definition) is 0. The third kappa shape index (κ3) is 3.93. The van der Waals surface area contributed by atoms with Gasteiger partial charge in [0.15, 0.2) is 0 Å². The van der Waals surface area contributed by atoms with E-state index in [0.29, 0.717) is 12.4 Å². The van der Waals surface area contributed by atoms with E-state index >= 15 is 0 Å². The van der Waals surface area contributed by atoms with E-state index < -0.39 is 0 Å². The smallest absolute Gasteiger partial charge is 0.305 e. The Labute approximate surface area is 89.1 Å². The first-order valence-corrected chi connectivity index (χ1v) is 4.79. The van der Waals surface area contributed by atoms with Crippen LogP contribution in [0.1, 0.15) is 12.8 Å². The second-order valence-corrected chi connectivity index (χ2v) is 3.15. The Bertz CT molecular complexity index is 303. The van der Waals surface area contributed by atoms with Crippen LogP contribution in [-0.4, -0.2) is 36.6 Å². The standard InChI is InChI=1S/C10H15N3O2/c1-13(8-3-5-9(14)15-2)10-11-6-4-7-12-10/h4,6-7H,3,5,8H2,1-2H3. The molecule has 0 aliphatic rings. The minimum absolute atomic E-state index is 0.183. The molecule has 82 valence electrons. The molecule has 0 saturated heterocycles. The highest BCUT2D eigenvalue weighted by atomic mass is 16.5. The fourth-order valence-electron chi connectivity index (χ4n) is 1.15. The van der Waals surface area contributed by atoms with Crippen LogP contribution in [0.5, 0.6) is 0 Å². The van der Waals surface area contributed by atoms with E-state index in [0.717, 1.165) is 13.0 Å². The number of ether oxygens (including phenoxy) is 1. The monoisotopic (exact) mass is 209 g/mol. The highest BCUT2D eigenvalue weighted by molar-refractivity contribution is 5.69. The molecule has 0 amide bonds. The van der Waals surface area contributed by atoms with Crippen molar-refractivity contribution in [2.24, 2.45) is 0 Å². The normalized spacial score (nSPS) is 9.73. The molecule has 0 saturated carbocycles. The summed E-state index contributed by atoms with van der Waals surface area (Å²) in [5.41, 5.74) is 0. The molecule has 0 fully saturated rings. The van der Waals surface area contributed by atoms with Crippen molar-refractivity contribution in [2.45, 2.75) is 12.8 Å². The summed E-state index contributed by atoms with van der Waals surface area (Å²) in [6, 6.07) is 1.77. The number of rotatable bonds is 5. The van der Waals surface area contributed by atoms with Crippen molar-refractivity contribution in [3.05, 3.63) is 18.5 Å². The van der Waals surface area contributed by atoms with Crippen LogP contribution < -0.4 is 4.90 Å². The van der Waals surface area contributed by atoms with Crippen molar-refractivity contribution < 1.29 is 9.53 Å². The summed E-state index contributed by atoms with van der Waals surface area (Å²) in [5.74, 6) is 0.486. The maximum absolute atomic E-state index is 10.9. The van der Waals surface area contributed by atoms with Crippen LogP contribution in [-0.2, 0) is 9.53 Å². The van der Waals surface area contributed by atoms with Gasteiger partial charge < -0.3 is 9.64 Å². The zero-order valence-electron chi connectivity index (χ0n) is 9.01. The first kappa shape index (κ1) is 11.4. The SMILES string of the molecule is COC(=O)CCCN(C)c1ncccn1. The van der Waals surface area contributed by atoms with Crippen molar-refractivity contribution in [3.63, 3.8) is 0 Å². The van der Waals surface area contributed by atoms with E-state index in [-0.39, 0.29) is 5.97 Å². The minimum Gasteiger partial charge on any atom is -0.469 e. The molecule has 1 aromatic rings. The number of aromatic nitrogens is 2. The molecule has 5 nitrogen and oxygen atoms in total. The first-order valence-electron chi connectivity index (χ1n) is 4.79. The van der Waals surface area contributed by atoms with Gasteiger partial charge in [0.05, 0.1) is 7.11 Å². The van der Waals surface area contributed by atoms with Crippen LogP contribution >= 0.6 is 0 Å². The molecule has 15 heavy (non-hydrogen) atoms. The Balaban J connectivity index is 2.31. The van der Waals surface area contributed by atoms with Gasteiger partial charge in [-0.3, -0.25) is 4.79 Å². The Kier molecular flexibility index (Phi) is 4.53. The highest BCUT2D eigenvalue weighted by Crippen LogP contribution is 2.03. The molecular weight excluding hydrogens is 194 g/mol. The third-order valence-electron chi connectivity index (χ3n) is 2.00. The van der Waals surface area contributed by atoms with E-state index in [4.69, 9.17) is 0 Å². The molecule has 0 aromatic carbocycles. The van der Waals surface area contributed by atoms with Crippen LogP contribution in [0.15, 0.2) is 18.5 Å². The van der Waals surface area contributed by atoms with Gasteiger partial charge in [0, 0.05) is 32.4 Å². The number of methoxy groups -OCH3 is 1. The van der Waals surface area contributed by atoms with Crippen LogP contribution in [0.25, 0.3) is 0 Å². The fraction of sp³-hybridized carbons (Fsp3) is 0.500. The van der Waals surface area contributed by atoms with Crippen molar-refractivity contribution >= 4 is 11.9 Å². The summed E-state index contributed by atoms with van der Waals surface area (Å²) >= 11 is 0. The molecule has 1 heterocycles. The molecule has 0 aliphatic heterocycles. The Morgan fingerprint density at radius 2 is 2.13 bits per heavy atom. The second-order valence-electron chi connectivity index (χ2n) is 3.15. The summed E-state index contributed by atoms with van der Waals surface area (Å²) in [5, 5.41) is 0. The number of nitrogens with zero attached hydrogens (tertiary/aromatic N) is 3. The molecule has 0 unspecified atom stereocenters. The molecule has 0 spiro atoms. The average Bonchev–Trinajstić information content (AvgIpc) is 2.29. The molecule has 0 radical (unpaired) electrons. The van der Waals surface area contributed by atoms with Crippen molar-refractivity contribution in [1.29, 1.82) is 0 Å². The second kappa shape index (κ2) is 5.95. The van der Waals surface area contributed by atoms with Crippen LogP contribution in [0, 0.1) is 0 Å². The van der Waals surface area contributed by atoms with Gasteiger partial charge in [-0.2, -0.15) is 0 Å². The van der Waals surface area contributed by atoms with Gasteiger partial charge in [-0.05, 0) is 12.5 Å². The first-order chi connectivity index (χ1) is 7.24. The predicted molar refractivity (Wildman–Crippen MR) is 56.6 cm³/mol. The average molecular weight is 209 g/mol. The molecule has 0 atom stereocenters. The number of anilines is 1. The maximum atomic E-state index is 10.9. The summed E-state index contributed by atoms with van der Waals surface area (Å²) in [6.07, 6.45) is 4.55. The van der Waals surface area contributed by atoms with Gasteiger partial charge >= 0.3 is 5.97 Å². The van der Waals surface area contributed by atoms with E-state index in [2.05, 4.69) is 14.7 Å². The fourth-order valence-corrected chi connectivity index (χ4v) is 1.15. The summed E-state index contributed by atoms with van der Waals surface area (Å²) < 4.78 is 4.55. The van der Waals surface area contributed by atoms with Gasteiger partial charge in [0.2, 0.25) is 5.95 Å². The van der Waals surface area contributed by atoms with Crippen molar-refractivity contribution in [2.75, 3.05) is 25.6 Å². The molecular formula is C10H15N3O2. The quantitative estimate of drug-likeness (QED) is 0.673. The van der Waals surface area contributed by atoms with Gasteiger partial charge in [-0.15, -0.1) is 0 Å². The lowest BCUT2D eigenvalue weighted by molar-refractivity contribution is -0.140. The van der Waals surface area contributed by atoms with Gasteiger partial charge in [-0.25, -0.2) is 9.97 Å². The zero-order chi connectivity index (χ0) is 11.1. The summed E-state index contributed by atoms with van der Waals surface area (Å²) in [7, 11) is 3.29. The Hall–Kier alpha value is -1.65. The molecule has 1 rings (SSSR count). The van der Waals surface area contributed by atoms with Crippen LogP contribution in [0.2, 0.25) is 0 Å². The predicted octanol–water partition coefficient (Wildman–Crippen LogP) is 0.866. The van der Waals surface area contributed by atoms with E-state index in [1.807, 2.05) is 11.9 Å². The molecule has 0 N–H and O–H groups in total. The van der Waals surface area contributed by atoms with Gasteiger partial charge in [0.1, 0.15) is 0 Å². The summed E-state index contributed by atoms with van der Waals surface area (Å²) in [4.78, 5) is 21.0. The van der Waals surface area contributed by atoms with Crippen LogP contribution in [0.4, 0.5) is 5.95 Å². The lowest BCUT2D eigenvalue weighted by atomic mass is 10.3. The van der Waals surface area contributed by atoms with E-state index in [9.17, 15) is 4.79 Å². The van der Waals surface area contributed by atoms with Crippen LogP contribution in [0.3, 0.4) is 0 Å². The molecule has 5 heteroatoms. The Morgan fingerprint density at radius 1 is 1.47 bits per heavy atom. The zero-order valence-corrected chi connectivity index (χ0v) is 9.01. The number of carbonyl (C=O) groups is 1. The van der Waals surface area contributed by atoms with Gasteiger partial charge in [0.25, 0.3) is 0 Å². The minimum atomic E-state index is -0.183. The number of hydrogen-bond acceptors (Lipinski definition) is 5. The lowest BCUT2D eigenvalue weighted by Gasteiger charge is -2.15.